The molecular formula is C11H15ClN2O2S. The monoisotopic (exact) mass is 274 g/mol. The molecule has 1 aliphatic rings. The van der Waals surface area contributed by atoms with Crippen LogP contribution in [0, 0.1) is 0 Å². The third kappa shape index (κ3) is 2.84. The minimum Gasteiger partial charge on any atom is -0.397 e. The van der Waals surface area contributed by atoms with Crippen molar-refractivity contribution in [2.75, 3.05) is 17.3 Å². The predicted molar refractivity (Wildman–Crippen MR) is 71.1 cm³/mol. The number of anilines is 2. The average molecular weight is 275 g/mol. The molecule has 17 heavy (non-hydrogen) atoms. The van der Waals surface area contributed by atoms with Crippen molar-refractivity contribution in [1.82, 2.24) is 0 Å². The van der Waals surface area contributed by atoms with E-state index in [0.717, 1.165) is 5.69 Å². The fourth-order valence-electron chi connectivity index (χ4n) is 1.92. The van der Waals surface area contributed by atoms with E-state index in [4.69, 9.17) is 17.3 Å². The maximum absolute atomic E-state index is 11.3. The summed E-state index contributed by atoms with van der Waals surface area (Å²) in [4.78, 5) is 0. The minimum atomic E-state index is -2.90. The minimum absolute atomic E-state index is 0.179. The van der Waals surface area contributed by atoms with Crippen molar-refractivity contribution in [3.63, 3.8) is 0 Å². The van der Waals surface area contributed by atoms with Gasteiger partial charge in [0.25, 0.3) is 0 Å². The number of hydrogen-bond donors (Lipinski definition) is 2. The Kier molecular flexibility index (Phi) is 3.23. The molecule has 94 valence electrons. The Morgan fingerprint density at radius 1 is 1.41 bits per heavy atom. The zero-order chi connectivity index (χ0) is 12.6. The maximum Gasteiger partial charge on any atom is 0.150 e. The van der Waals surface area contributed by atoms with Crippen molar-refractivity contribution in [1.29, 1.82) is 0 Å². The molecule has 4 nitrogen and oxygen atoms in total. The second kappa shape index (κ2) is 4.38. The third-order valence-corrected chi connectivity index (χ3v) is 4.90. The lowest BCUT2D eigenvalue weighted by molar-refractivity contribution is 0.435. The van der Waals surface area contributed by atoms with Gasteiger partial charge >= 0.3 is 0 Å². The lowest BCUT2D eigenvalue weighted by Gasteiger charge is -2.35. The van der Waals surface area contributed by atoms with E-state index in [2.05, 4.69) is 5.32 Å². The molecule has 0 saturated heterocycles. The molecule has 0 radical (unpaired) electrons. The number of sulfone groups is 1. The molecule has 6 heteroatoms. The van der Waals surface area contributed by atoms with Crippen molar-refractivity contribution in [2.45, 2.75) is 24.1 Å². The summed E-state index contributed by atoms with van der Waals surface area (Å²) in [5.74, 6) is 0. The summed E-state index contributed by atoms with van der Waals surface area (Å²) in [6, 6.07) is 5.42. The Balaban J connectivity index is 1.96. The highest BCUT2D eigenvalue weighted by atomic mass is 35.5. The Hall–Kier alpha value is -0.940. The van der Waals surface area contributed by atoms with Crippen LogP contribution in [-0.2, 0) is 9.84 Å². The molecule has 1 fully saturated rings. The Bertz CT molecular complexity index is 524. The van der Waals surface area contributed by atoms with Crippen LogP contribution in [0.3, 0.4) is 0 Å². The summed E-state index contributed by atoms with van der Waals surface area (Å²) < 4.78 is 22.5. The van der Waals surface area contributed by atoms with E-state index in [9.17, 15) is 8.42 Å². The lowest BCUT2D eigenvalue weighted by atomic mass is 9.92. The number of halogens is 1. The highest BCUT2D eigenvalue weighted by Gasteiger charge is 2.36. The van der Waals surface area contributed by atoms with E-state index in [1.807, 2.05) is 6.07 Å². The van der Waals surface area contributed by atoms with Gasteiger partial charge in [-0.3, -0.25) is 0 Å². The van der Waals surface area contributed by atoms with Gasteiger partial charge in [-0.25, -0.2) is 8.42 Å². The van der Waals surface area contributed by atoms with Gasteiger partial charge < -0.3 is 11.1 Å². The fourth-order valence-corrected chi connectivity index (χ4v) is 3.26. The fraction of sp³-hybridized carbons (Fsp3) is 0.455. The molecule has 3 N–H and O–H groups in total. The first kappa shape index (κ1) is 12.5. The number of nitrogens with one attached hydrogen (secondary N) is 1. The van der Waals surface area contributed by atoms with Crippen LogP contribution in [0.25, 0.3) is 0 Å². The smallest absolute Gasteiger partial charge is 0.150 e. The summed E-state index contributed by atoms with van der Waals surface area (Å²) in [7, 11) is -2.90. The summed E-state index contributed by atoms with van der Waals surface area (Å²) in [5.41, 5.74) is 7.20. The second-order valence-corrected chi connectivity index (χ2v) is 7.26. The van der Waals surface area contributed by atoms with E-state index in [0.29, 0.717) is 23.6 Å². The first-order valence-corrected chi connectivity index (χ1v) is 7.70. The molecule has 0 spiro atoms. The molecule has 1 saturated carbocycles. The molecule has 0 atom stereocenters. The van der Waals surface area contributed by atoms with Crippen molar-refractivity contribution >= 4 is 32.8 Å². The molecular weight excluding hydrogens is 260 g/mol. The molecule has 0 bridgehead atoms. The topological polar surface area (TPSA) is 72.2 Å². The number of nitrogen functional groups attached to an aromatic ring is 1. The summed E-state index contributed by atoms with van der Waals surface area (Å²) >= 11 is 5.80. The summed E-state index contributed by atoms with van der Waals surface area (Å²) in [6.07, 6.45) is 2.56. The van der Waals surface area contributed by atoms with Gasteiger partial charge in [0.05, 0.1) is 16.6 Å². The largest absolute Gasteiger partial charge is 0.397 e. The second-order valence-electron chi connectivity index (χ2n) is 4.50. The summed E-state index contributed by atoms with van der Waals surface area (Å²) in [6.45, 7) is 0. The van der Waals surface area contributed by atoms with Gasteiger partial charge in [-0.15, -0.1) is 0 Å². The SMILES string of the molecule is CS(=O)(=O)[C@H]1C[C@@H](Nc2ccc(Cl)cc2N)C1. The van der Waals surface area contributed by atoms with Crippen LogP contribution in [0.2, 0.25) is 5.02 Å². The van der Waals surface area contributed by atoms with Crippen LogP contribution in [0.1, 0.15) is 12.8 Å². The third-order valence-electron chi connectivity index (χ3n) is 3.07. The highest BCUT2D eigenvalue weighted by Crippen LogP contribution is 2.31. The molecule has 1 aromatic rings. The van der Waals surface area contributed by atoms with Crippen LogP contribution in [0.4, 0.5) is 11.4 Å². The van der Waals surface area contributed by atoms with Crippen LogP contribution in [0.15, 0.2) is 18.2 Å². The standard InChI is InChI=1S/C11H15ClN2O2S/c1-17(15,16)9-5-8(6-9)14-11-3-2-7(12)4-10(11)13/h2-4,8-9,14H,5-6,13H2,1H3/t8-,9+. The van der Waals surface area contributed by atoms with Crippen molar-refractivity contribution < 1.29 is 8.42 Å². The molecule has 0 unspecified atom stereocenters. The first-order chi connectivity index (χ1) is 7.86. The zero-order valence-electron chi connectivity index (χ0n) is 9.48. The number of hydrogen-bond acceptors (Lipinski definition) is 4. The van der Waals surface area contributed by atoms with E-state index in [-0.39, 0.29) is 11.3 Å². The zero-order valence-corrected chi connectivity index (χ0v) is 11.1. The van der Waals surface area contributed by atoms with Crippen molar-refractivity contribution in [2.24, 2.45) is 0 Å². The van der Waals surface area contributed by atoms with Gasteiger partial charge in [-0.05, 0) is 31.0 Å². The van der Waals surface area contributed by atoms with Gasteiger partial charge in [0, 0.05) is 17.3 Å². The van der Waals surface area contributed by atoms with E-state index in [1.54, 1.807) is 12.1 Å². The van der Waals surface area contributed by atoms with Crippen LogP contribution in [-0.4, -0.2) is 26.0 Å². The van der Waals surface area contributed by atoms with Crippen LogP contribution in [0.5, 0.6) is 0 Å². The molecule has 0 aliphatic heterocycles. The van der Waals surface area contributed by atoms with Gasteiger partial charge in [0.2, 0.25) is 0 Å². The summed E-state index contributed by atoms with van der Waals surface area (Å²) in [5, 5.41) is 3.61. The van der Waals surface area contributed by atoms with Gasteiger partial charge in [0.15, 0.2) is 0 Å². The predicted octanol–water partition coefficient (Wildman–Crippen LogP) is 1.91. The average Bonchev–Trinajstić information content (AvgIpc) is 2.11. The highest BCUT2D eigenvalue weighted by molar-refractivity contribution is 7.91. The Morgan fingerprint density at radius 3 is 2.59 bits per heavy atom. The Labute approximate surface area is 106 Å². The van der Waals surface area contributed by atoms with Gasteiger partial charge in [-0.2, -0.15) is 0 Å². The molecule has 0 amide bonds. The van der Waals surface area contributed by atoms with Crippen LogP contribution >= 0.6 is 11.6 Å². The number of nitrogens with two attached hydrogens (primary N) is 1. The van der Waals surface area contributed by atoms with E-state index < -0.39 is 9.84 Å². The molecule has 1 aromatic carbocycles. The Morgan fingerprint density at radius 2 is 2.06 bits per heavy atom. The van der Waals surface area contributed by atoms with Crippen LogP contribution < -0.4 is 11.1 Å². The van der Waals surface area contributed by atoms with E-state index >= 15 is 0 Å². The first-order valence-electron chi connectivity index (χ1n) is 5.36. The molecule has 0 heterocycles. The quantitative estimate of drug-likeness (QED) is 0.826. The van der Waals surface area contributed by atoms with Crippen molar-refractivity contribution in [3.05, 3.63) is 23.2 Å². The van der Waals surface area contributed by atoms with Gasteiger partial charge in [0.1, 0.15) is 9.84 Å². The van der Waals surface area contributed by atoms with E-state index in [1.165, 1.54) is 6.26 Å². The molecule has 0 aromatic heterocycles. The molecule has 1 aliphatic carbocycles. The molecule has 2 rings (SSSR count). The lowest BCUT2D eigenvalue weighted by Crippen LogP contribution is -2.43. The van der Waals surface area contributed by atoms with Gasteiger partial charge in [-0.1, -0.05) is 11.6 Å². The number of rotatable bonds is 3. The maximum atomic E-state index is 11.3. The van der Waals surface area contributed by atoms with Crippen molar-refractivity contribution in [3.8, 4) is 0 Å². The number of benzene rings is 1. The normalized spacial score (nSPS) is 24.1.